The second kappa shape index (κ2) is 7.47. The molecule has 2 amide bonds. The Morgan fingerprint density at radius 1 is 1.27 bits per heavy atom. The number of ether oxygens (including phenoxy) is 1. The molecule has 1 aromatic heterocycles. The van der Waals surface area contributed by atoms with Gasteiger partial charge in [-0.2, -0.15) is 18.2 Å². The maximum absolute atomic E-state index is 13.7. The summed E-state index contributed by atoms with van der Waals surface area (Å²) in [7, 11) is 0. The van der Waals surface area contributed by atoms with E-state index in [-0.39, 0.29) is 30.1 Å². The van der Waals surface area contributed by atoms with Crippen molar-refractivity contribution in [1.82, 2.24) is 19.9 Å². The van der Waals surface area contributed by atoms with Crippen LogP contribution in [-0.2, 0) is 22.3 Å². The molecule has 2 aliphatic heterocycles. The Morgan fingerprint density at radius 3 is 2.67 bits per heavy atom. The van der Waals surface area contributed by atoms with E-state index in [4.69, 9.17) is 4.74 Å². The zero-order chi connectivity index (χ0) is 23.5. The van der Waals surface area contributed by atoms with Crippen molar-refractivity contribution in [3.63, 3.8) is 0 Å². The van der Waals surface area contributed by atoms with Crippen molar-refractivity contribution in [2.75, 3.05) is 13.2 Å². The summed E-state index contributed by atoms with van der Waals surface area (Å²) in [5.74, 6) is -5.20. The van der Waals surface area contributed by atoms with Gasteiger partial charge >= 0.3 is 12.1 Å². The number of benzene rings is 1. The number of rotatable bonds is 5. The van der Waals surface area contributed by atoms with Crippen LogP contribution >= 0.6 is 0 Å². The molecule has 1 aromatic carbocycles. The number of alkyl halides is 5. The topological polar surface area (TPSA) is 88.8 Å². The van der Waals surface area contributed by atoms with Crippen molar-refractivity contribution in [2.45, 2.75) is 49.6 Å². The van der Waals surface area contributed by atoms with Crippen LogP contribution < -0.4 is 0 Å². The van der Waals surface area contributed by atoms with E-state index < -0.39 is 48.4 Å². The molecular weight excluding hydrogens is 455 g/mol. The number of carbonyl (C=O) groups excluding carboxylic acids is 2. The first kappa shape index (κ1) is 21.7. The molecule has 2 fully saturated rings. The van der Waals surface area contributed by atoms with Crippen molar-refractivity contribution in [3.8, 4) is 11.4 Å². The Kier molecular flexibility index (Phi) is 4.92. The van der Waals surface area contributed by atoms with Gasteiger partial charge in [0.05, 0.1) is 18.7 Å². The Bertz CT molecular complexity index is 1100. The van der Waals surface area contributed by atoms with Gasteiger partial charge in [0, 0.05) is 30.7 Å². The van der Waals surface area contributed by atoms with Crippen molar-refractivity contribution in [1.29, 1.82) is 0 Å². The van der Waals surface area contributed by atoms with Crippen molar-refractivity contribution in [2.24, 2.45) is 0 Å². The fourth-order valence-corrected chi connectivity index (χ4v) is 4.45. The van der Waals surface area contributed by atoms with Crippen LogP contribution in [0.25, 0.3) is 11.4 Å². The summed E-state index contributed by atoms with van der Waals surface area (Å²) in [4.78, 5) is 30.7. The van der Waals surface area contributed by atoms with E-state index in [9.17, 15) is 31.5 Å². The summed E-state index contributed by atoms with van der Waals surface area (Å²) in [6, 6.07) is 1.92. The number of aromatic nitrogens is 2. The van der Waals surface area contributed by atoms with Crippen LogP contribution in [0.15, 0.2) is 22.7 Å². The largest absolute Gasteiger partial charge is 0.471 e. The summed E-state index contributed by atoms with van der Waals surface area (Å²) in [5, 5.41) is 3.33. The molecule has 0 N–H and O–H groups in total. The monoisotopic (exact) mass is 472 g/mol. The normalized spacial score (nSPS) is 26.3. The molecule has 5 rings (SSSR count). The number of hydrogen-bond donors (Lipinski definition) is 0. The van der Waals surface area contributed by atoms with Gasteiger partial charge in [0.2, 0.25) is 12.2 Å². The lowest BCUT2D eigenvalue weighted by atomic mass is 10.00. The zero-order valence-electron chi connectivity index (χ0n) is 16.9. The molecule has 8 nitrogen and oxygen atoms in total. The molecule has 176 valence electrons. The van der Waals surface area contributed by atoms with E-state index in [0.29, 0.717) is 25.0 Å². The minimum Gasteiger partial charge on any atom is -0.379 e. The molecule has 1 saturated carbocycles. The quantitative estimate of drug-likeness (QED) is 0.491. The molecule has 1 saturated heterocycles. The molecule has 1 aliphatic carbocycles. The van der Waals surface area contributed by atoms with Crippen LogP contribution in [0.1, 0.15) is 34.7 Å². The van der Waals surface area contributed by atoms with Gasteiger partial charge in [-0.3, -0.25) is 9.59 Å². The third kappa shape index (κ3) is 3.73. The van der Waals surface area contributed by atoms with E-state index in [1.165, 1.54) is 17.0 Å². The number of fused-ring (bicyclic) bond motifs is 1. The standard InChI is InChI=1S/C20H17F5N4O4/c21-19(22)6-15(19)29(9-30)14-8-32-4-3-13(14)28-7-11-2-1-10(5-12(11)17(28)31)16-26-18(33-27-16)20(23,24)25/h1-2,5,9,13-15H,3-4,6-8H2/t13-,14-,15+/m0/s1. The first-order valence-corrected chi connectivity index (χ1v) is 10.1. The second-order valence-corrected chi connectivity index (χ2v) is 8.26. The molecule has 0 radical (unpaired) electrons. The van der Waals surface area contributed by atoms with Gasteiger partial charge in [-0.1, -0.05) is 17.3 Å². The highest BCUT2D eigenvalue weighted by atomic mass is 19.4. The molecule has 0 unspecified atom stereocenters. The van der Waals surface area contributed by atoms with Crippen LogP contribution in [0, 0.1) is 0 Å². The average molecular weight is 472 g/mol. The van der Waals surface area contributed by atoms with Gasteiger partial charge < -0.3 is 19.1 Å². The fourth-order valence-electron chi connectivity index (χ4n) is 4.45. The number of halogens is 5. The predicted octanol–water partition coefficient (Wildman–Crippen LogP) is 2.73. The summed E-state index contributed by atoms with van der Waals surface area (Å²) in [6.07, 6.45) is -4.51. The van der Waals surface area contributed by atoms with Crippen molar-refractivity contribution < 1.29 is 40.8 Å². The lowest BCUT2D eigenvalue weighted by molar-refractivity contribution is -0.159. The SMILES string of the molecule is O=CN([C@H]1COCC[C@@H]1N1Cc2ccc(-c3noc(C(F)(F)F)n3)cc2C1=O)[C@@H]1CC1(F)F. The summed E-state index contributed by atoms with van der Waals surface area (Å²) >= 11 is 0. The highest BCUT2D eigenvalue weighted by molar-refractivity contribution is 5.99. The third-order valence-electron chi connectivity index (χ3n) is 6.22. The number of amides is 2. The molecule has 33 heavy (non-hydrogen) atoms. The Hall–Kier alpha value is -3.09. The van der Waals surface area contributed by atoms with Gasteiger partial charge in [0.1, 0.15) is 6.04 Å². The van der Waals surface area contributed by atoms with Crippen LogP contribution in [0.5, 0.6) is 0 Å². The van der Waals surface area contributed by atoms with Gasteiger partial charge in [-0.25, -0.2) is 8.78 Å². The minimum absolute atomic E-state index is 0.0183. The van der Waals surface area contributed by atoms with Crippen LogP contribution in [0.2, 0.25) is 0 Å². The molecular formula is C20H17F5N4O4. The summed E-state index contributed by atoms with van der Waals surface area (Å²) in [5.41, 5.74) is 1.02. The van der Waals surface area contributed by atoms with E-state index in [1.54, 1.807) is 6.07 Å². The van der Waals surface area contributed by atoms with E-state index in [0.717, 1.165) is 4.90 Å². The lowest BCUT2D eigenvalue weighted by Gasteiger charge is -2.42. The zero-order valence-corrected chi connectivity index (χ0v) is 16.9. The Balaban J connectivity index is 1.40. The molecule has 2 aromatic rings. The molecule has 3 atom stereocenters. The van der Waals surface area contributed by atoms with Crippen LogP contribution in [0.3, 0.4) is 0 Å². The highest BCUT2D eigenvalue weighted by Gasteiger charge is 2.62. The molecule has 0 bridgehead atoms. The summed E-state index contributed by atoms with van der Waals surface area (Å²) < 4.78 is 75.2. The first-order chi connectivity index (χ1) is 15.6. The van der Waals surface area contributed by atoms with Crippen molar-refractivity contribution in [3.05, 3.63) is 35.2 Å². The average Bonchev–Trinajstić information content (AvgIpc) is 3.13. The van der Waals surface area contributed by atoms with Gasteiger partial charge in [-0.15, -0.1) is 0 Å². The lowest BCUT2D eigenvalue weighted by Crippen LogP contribution is -2.57. The molecule has 3 heterocycles. The minimum atomic E-state index is -4.80. The predicted molar refractivity (Wildman–Crippen MR) is 98.9 cm³/mol. The number of carbonyl (C=O) groups is 2. The maximum Gasteiger partial charge on any atom is 0.471 e. The summed E-state index contributed by atoms with van der Waals surface area (Å²) in [6.45, 7) is 0.483. The molecule has 0 spiro atoms. The van der Waals surface area contributed by atoms with E-state index in [1.807, 2.05) is 0 Å². The smallest absolute Gasteiger partial charge is 0.379 e. The van der Waals surface area contributed by atoms with Gasteiger partial charge in [0.15, 0.2) is 0 Å². The van der Waals surface area contributed by atoms with Crippen LogP contribution in [-0.4, -0.2) is 69.5 Å². The molecule has 3 aliphatic rings. The maximum atomic E-state index is 13.7. The first-order valence-electron chi connectivity index (χ1n) is 10.1. The number of nitrogens with zero attached hydrogens (tertiary/aromatic N) is 4. The second-order valence-electron chi connectivity index (χ2n) is 8.26. The fraction of sp³-hybridized carbons (Fsp3) is 0.500. The van der Waals surface area contributed by atoms with Crippen molar-refractivity contribution >= 4 is 12.3 Å². The van der Waals surface area contributed by atoms with E-state index >= 15 is 0 Å². The van der Waals surface area contributed by atoms with Crippen LogP contribution in [0.4, 0.5) is 22.0 Å². The Morgan fingerprint density at radius 2 is 2.03 bits per heavy atom. The van der Waals surface area contributed by atoms with Gasteiger partial charge in [0.25, 0.3) is 11.8 Å². The molecule has 13 heteroatoms. The highest BCUT2D eigenvalue weighted by Crippen LogP contribution is 2.47. The van der Waals surface area contributed by atoms with Gasteiger partial charge in [-0.05, 0) is 18.1 Å². The number of hydrogen-bond acceptors (Lipinski definition) is 6. The Labute approximate surface area is 183 Å². The third-order valence-corrected chi connectivity index (χ3v) is 6.22. The van der Waals surface area contributed by atoms with E-state index in [2.05, 4.69) is 14.7 Å².